The molecule has 1 aromatic carbocycles. The van der Waals surface area contributed by atoms with Gasteiger partial charge < -0.3 is 10.5 Å². The fourth-order valence-electron chi connectivity index (χ4n) is 1.30. The monoisotopic (exact) mass is 253 g/mol. The third-order valence-corrected chi connectivity index (χ3v) is 2.41. The van der Waals surface area contributed by atoms with E-state index in [0.717, 1.165) is 0 Å². The molecule has 1 atom stereocenters. The Bertz CT molecular complexity index is 368. The lowest BCUT2D eigenvalue weighted by Gasteiger charge is -2.17. The first-order chi connectivity index (χ1) is 7.36. The smallest absolute Gasteiger partial charge is 0.403 e. The van der Waals surface area contributed by atoms with Crippen molar-refractivity contribution in [2.75, 3.05) is 7.11 Å². The summed E-state index contributed by atoms with van der Waals surface area (Å²) in [4.78, 5) is 0. The fraction of sp³-hybridized carbons (Fsp3) is 0.400. The van der Waals surface area contributed by atoms with Crippen LogP contribution >= 0.6 is 11.6 Å². The van der Waals surface area contributed by atoms with Crippen molar-refractivity contribution in [3.8, 4) is 5.75 Å². The lowest BCUT2D eigenvalue weighted by molar-refractivity contribution is -0.147. The molecule has 0 aliphatic heterocycles. The van der Waals surface area contributed by atoms with Crippen molar-refractivity contribution >= 4 is 11.6 Å². The molecule has 0 radical (unpaired) electrons. The van der Waals surface area contributed by atoms with Crippen LogP contribution in [0, 0.1) is 0 Å². The molecule has 0 saturated heterocycles. The highest BCUT2D eigenvalue weighted by atomic mass is 35.5. The van der Waals surface area contributed by atoms with Gasteiger partial charge in [0.05, 0.1) is 12.1 Å². The van der Waals surface area contributed by atoms with E-state index < -0.39 is 12.2 Å². The number of alkyl halides is 3. The van der Waals surface area contributed by atoms with Gasteiger partial charge in [-0.2, -0.15) is 13.2 Å². The van der Waals surface area contributed by atoms with Gasteiger partial charge in [-0.05, 0) is 18.1 Å². The maximum atomic E-state index is 12.3. The van der Waals surface area contributed by atoms with Gasteiger partial charge in [-0.3, -0.25) is 0 Å². The number of para-hydroxylation sites is 1. The minimum absolute atomic E-state index is 0.240. The van der Waals surface area contributed by atoms with Gasteiger partial charge in [0, 0.05) is 0 Å². The van der Waals surface area contributed by atoms with Crippen LogP contribution in [-0.4, -0.2) is 19.3 Å². The molecule has 1 rings (SSSR count). The van der Waals surface area contributed by atoms with Gasteiger partial charge in [-0.15, -0.1) is 0 Å². The summed E-state index contributed by atoms with van der Waals surface area (Å²) in [5, 5.41) is 0.273. The molecule has 0 spiro atoms. The molecule has 16 heavy (non-hydrogen) atoms. The van der Waals surface area contributed by atoms with Gasteiger partial charge in [0.15, 0.2) is 0 Å². The van der Waals surface area contributed by atoms with Crippen LogP contribution in [0.2, 0.25) is 5.02 Å². The predicted octanol–water partition coefficient (Wildman–Crippen LogP) is 2.78. The van der Waals surface area contributed by atoms with Gasteiger partial charge >= 0.3 is 6.18 Å². The molecule has 2 nitrogen and oxygen atoms in total. The summed E-state index contributed by atoms with van der Waals surface area (Å²) in [6.07, 6.45) is -4.78. The summed E-state index contributed by atoms with van der Waals surface area (Å²) < 4.78 is 41.8. The lowest BCUT2D eigenvalue weighted by atomic mass is 10.1. The van der Waals surface area contributed by atoms with Crippen molar-refractivity contribution in [1.82, 2.24) is 0 Å². The van der Waals surface area contributed by atoms with E-state index in [0.29, 0.717) is 5.56 Å². The van der Waals surface area contributed by atoms with Crippen LogP contribution in [0.3, 0.4) is 0 Å². The zero-order chi connectivity index (χ0) is 12.3. The number of methoxy groups -OCH3 is 1. The van der Waals surface area contributed by atoms with Crippen molar-refractivity contribution in [3.63, 3.8) is 0 Å². The second-order valence-electron chi connectivity index (χ2n) is 3.28. The number of hydrogen-bond donors (Lipinski definition) is 1. The molecule has 0 heterocycles. The Labute approximate surface area is 96.1 Å². The Kier molecular flexibility index (Phi) is 4.04. The van der Waals surface area contributed by atoms with Crippen molar-refractivity contribution in [2.24, 2.45) is 5.73 Å². The van der Waals surface area contributed by atoms with E-state index in [9.17, 15) is 13.2 Å². The third-order valence-electron chi connectivity index (χ3n) is 2.11. The Morgan fingerprint density at radius 3 is 2.56 bits per heavy atom. The van der Waals surface area contributed by atoms with Crippen LogP contribution in [0.4, 0.5) is 13.2 Å². The molecule has 0 fully saturated rings. The average Bonchev–Trinajstić information content (AvgIpc) is 2.16. The van der Waals surface area contributed by atoms with Gasteiger partial charge in [-0.25, -0.2) is 0 Å². The maximum Gasteiger partial charge on any atom is 0.403 e. The van der Waals surface area contributed by atoms with Crippen LogP contribution in [0.5, 0.6) is 5.75 Å². The van der Waals surface area contributed by atoms with Crippen LogP contribution in [0.15, 0.2) is 18.2 Å². The highest BCUT2D eigenvalue weighted by Gasteiger charge is 2.37. The highest BCUT2D eigenvalue weighted by molar-refractivity contribution is 6.32. The van der Waals surface area contributed by atoms with Gasteiger partial charge in [0.2, 0.25) is 0 Å². The summed E-state index contributed by atoms with van der Waals surface area (Å²) in [6, 6.07) is 2.70. The molecule has 1 unspecified atom stereocenters. The standard InChI is InChI=1S/C10H11ClF3NO/c1-16-9-6(3-2-4-7(9)11)5-8(15)10(12,13)14/h2-4,8H,5,15H2,1H3. The summed E-state index contributed by atoms with van der Waals surface area (Å²) in [5.74, 6) is 0.240. The Morgan fingerprint density at radius 2 is 2.06 bits per heavy atom. The second kappa shape index (κ2) is 4.93. The maximum absolute atomic E-state index is 12.3. The third kappa shape index (κ3) is 3.02. The number of halogens is 4. The Hall–Kier alpha value is -0.940. The number of nitrogens with two attached hydrogens (primary N) is 1. The summed E-state index contributed by atoms with van der Waals surface area (Å²) in [7, 11) is 1.35. The van der Waals surface area contributed by atoms with E-state index in [1.54, 1.807) is 12.1 Å². The zero-order valence-corrected chi connectivity index (χ0v) is 9.27. The Morgan fingerprint density at radius 1 is 1.44 bits per heavy atom. The molecule has 0 aromatic heterocycles. The van der Waals surface area contributed by atoms with Gasteiger partial charge in [0.25, 0.3) is 0 Å². The minimum Gasteiger partial charge on any atom is -0.495 e. The van der Waals surface area contributed by atoms with Crippen LogP contribution in [0.25, 0.3) is 0 Å². The second-order valence-corrected chi connectivity index (χ2v) is 3.69. The van der Waals surface area contributed by atoms with Gasteiger partial charge in [0.1, 0.15) is 11.8 Å². The lowest BCUT2D eigenvalue weighted by Crippen LogP contribution is -2.39. The first-order valence-electron chi connectivity index (χ1n) is 4.50. The molecule has 1 aromatic rings. The van der Waals surface area contributed by atoms with Crippen LogP contribution in [-0.2, 0) is 6.42 Å². The fourth-order valence-corrected chi connectivity index (χ4v) is 1.57. The first-order valence-corrected chi connectivity index (χ1v) is 4.87. The van der Waals surface area contributed by atoms with E-state index >= 15 is 0 Å². The number of ether oxygens (including phenoxy) is 1. The molecule has 6 heteroatoms. The van der Waals surface area contributed by atoms with E-state index in [4.69, 9.17) is 22.1 Å². The van der Waals surface area contributed by atoms with Crippen molar-refractivity contribution < 1.29 is 17.9 Å². The minimum atomic E-state index is -4.42. The SMILES string of the molecule is COc1c(Cl)cccc1CC(N)C(F)(F)F. The van der Waals surface area contributed by atoms with Crippen LogP contribution in [0.1, 0.15) is 5.56 Å². The largest absolute Gasteiger partial charge is 0.495 e. The number of rotatable bonds is 3. The quantitative estimate of drug-likeness (QED) is 0.899. The predicted molar refractivity (Wildman–Crippen MR) is 55.7 cm³/mol. The molecule has 2 N–H and O–H groups in total. The van der Waals surface area contributed by atoms with Crippen molar-refractivity contribution in [3.05, 3.63) is 28.8 Å². The van der Waals surface area contributed by atoms with E-state index in [1.165, 1.54) is 13.2 Å². The molecule has 0 aliphatic rings. The molecule has 90 valence electrons. The topological polar surface area (TPSA) is 35.2 Å². The number of hydrogen-bond acceptors (Lipinski definition) is 2. The zero-order valence-electron chi connectivity index (χ0n) is 8.51. The Balaban J connectivity index is 2.93. The number of benzene rings is 1. The molecule has 0 bridgehead atoms. The van der Waals surface area contributed by atoms with Crippen molar-refractivity contribution in [1.29, 1.82) is 0 Å². The molecule has 0 amide bonds. The van der Waals surface area contributed by atoms with Crippen LogP contribution < -0.4 is 10.5 Å². The first kappa shape index (κ1) is 13.1. The highest BCUT2D eigenvalue weighted by Crippen LogP contribution is 2.31. The molecule has 0 aliphatic carbocycles. The molecular formula is C10H11ClF3NO. The van der Waals surface area contributed by atoms with Crippen molar-refractivity contribution in [2.45, 2.75) is 18.6 Å². The van der Waals surface area contributed by atoms with E-state index in [1.807, 2.05) is 0 Å². The van der Waals surface area contributed by atoms with Gasteiger partial charge in [-0.1, -0.05) is 23.7 Å². The molecular weight excluding hydrogens is 243 g/mol. The van der Waals surface area contributed by atoms with E-state index in [2.05, 4.69) is 0 Å². The summed E-state index contributed by atoms with van der Waals surface area (Å²) >= 11 is 5.78. The molecule has 0 saturated carbocycles. The normalized spacial score (nSPS) is 13.6. The summed E-state index contributed by atoms with van der Waals surface area (Å²) in [5.41, 5.74) is 5.38. The average molecular weight is 254 g/mol. The summed E-state index contributed by atoms with van der Waals surface area (Å²) in [6.45, 7) is 0. The van der Waals surface area contributed by atoms with E-state index in [-0.39, 0.29) is 17.2 Å².